The molecular weight excluding hydrogens is 337 g/mol. The first-order valence-corrected chi connectivity index (χ1v) is 9.92. The molecule has 4 heteroatoms. The molecule has 1 fully saturated rings. The van der Waals surface area contributed by atoms with Crippen LogP contribution in [-0.2, 0) is 19.3 Å². The Balaban J connectivity index is 1.36. The van der Waals surface area contributed by atoms with Crippen LogP contribution in [0.25, 0.3) is 0 Å². The number of hydrogen-bond donors (Lipinski definition) is 0. The first-order valence-electron chi connectivity index (χ1n) is 9.92. The van der Waals surface area contributed by atoms with Gasteiger partial charge in [-0.3, -0.25) is 4.90 Å². The Bertz CT molecular complexity index is 806. The third-order valence-electron chi connectivity index (χ3n) is 5.95. The van der Waals surface area contributed by atoms with Crippen molar-refractivity contribution >= 4 is 5.69 Å². The van der Waals surface area contributed by atoms with Crippen molar-refractivity contribution in [3.8, 4) is 6.07 Å². The van der Waals surface area contributed by atoms with Crippen molar-refractivity contribution in [1.29, 1.82) is 5.26 Å². The molecule has 2 aliphatic rings. The van der Waals surface area contributed by atoms with Crippen LogP contribution in [0, 0.1) is 11.3 Å². The molecule has 2 aromatic rings. The van der Waals surface area contributed by atoms with Crippen molar-refractivity contribution in [3.63, 3.8) is 0 Å². The summed E-state index contributed by atoms with van der Waals surface area (Å²) in [5.74, 6) is 0. The Hall–Kier alpha value is -2.38. The van der Waals surface area contributed by atoms with E-state index in [0.717, 1.165) is 50.0 Å². The van der Waals surface area contributed by atoms with E-state index in [0.29, 0.717) is 18.9 Å². The van der Waals surface area contributed by atoms with Crippen LogP contribution < -0.4 is 4.90 Å². The summed E-state index contributed by atoms with van der Waals surface area (Å²) in [6, 6.07) is 19.1. The van der Waals surface area contributed by atoms with Gasteiger partial charge in [-0.2, -0.15) is 5.26 Å². The van der Waals surface area contributed by atoms with Gasteiger partial charge in [0, 0.05) is 37.8 Å². The fourth-order valence-corrected chi connectivity index (χ4v) is 4.45. The molecule has 0 radical (unpaired) electrons. The molecule has 4 rings (SSSR count). The van der Waals surface area contributed by atoms with E-state index in [2.05, 4.69) is 29.2 Å². The topological polar surface area (TPSA) is 30.3 Å². The van der Waals surface area contributed by atoms with Gasteiger partial charge in [0.05, 0.1) is 12.5 Å². The number of rotatable bonds is 5. The third-order valence-corrected chi connectivity index (χ3v) is 5.95. The van der Waals surface area contributed by atoms with Crippen LogP contribution in [0.15, 0.2) is 48.5 Å². The van der Waals surface area contributed by atoms with Crippen LogP contribution in [-0.4, -0.2) is 36.9 Å². The van der Waals surface area contributed by atoms with Gasteiger partial charge in [0.25, 0.3) is 0 Å². The largest absolute Gasteiger partial charge is 0.368 e. The van der Waals surface area contributed by atoms with Crippen molar-refractivity contribution in [3.05, 3.63) is 65.2 Å². The van der Waals surface area contributed by atoms with Gasteiger partial charge in [-0.05, 0) is 42.0 Å². The van der Waals surface area contributed by atoms with E-state index >= 15 is 0 Å². The number of anilines is 1. The molecule has 2 heterocycles. The number of benzene rings is 2. The number of hydrogen-bond acceptors (Lipinski definition) is 3. The second-order valence-electron chi connectivity index (χ2n) is 7.63. The SMILES string of the molecule is N#CCc1ccc2c(c1)N(C1CCN(C(F)Cc3ccccc3)CC1)CC2. The summed E-state index contributed by atoms with van der Waals surface area (Å²) >= 11 is 0. The average Bonchev–Trinajstić information content (AvgIpc) is 3.12. The van der Waals surface area contributed by atoms with Crippen LogP contribution in [0.3, 0.4) is 0 Å². The predicted molar refractivity (Wildman–Crippen MR) is 106 cm³/mol. The zero-order valence-electron chi connectivity index (χ0n) is 15.6. The van der Waals surface area contributed by atoms with Gasteiger partial charge in [-0.15, -0.1) is 0 Å². The highest BCUT2D eigenvalue weighted by molar-refractivity contribution is 5.60. The Morgan fingerprint density at radius 3 is 2.56 bits per heavy atom. The summed E-state index contributed by atoms with van der Waals surface area (Å²) in [6.45, 7) is 2.66. The minimum Gasteiger partial charge on any atom is -0.368 e. The van der Waals surface area contributed by atoms with E-state index in [1.807, 2.05) is 35.2 Å². The van der Waals surface area contributed by atoms with Crippen molar-refractivity contribution in [2.45, 2.75) is 44.4 Å². The summed E-state index contributed by atoms with van der Waals surface area (Å²) in [4.78, 5) is 4.49. The van der Waals surface area contributed by atoms with Crippen LogP contribution in [0.4, 0.5) is 10.1 Å². The van der Waals surface area contributed by atoms with Crippen molar-refractivity contribution in [2.24, 2.45) is 0 Å². The molecule has 0 bridgehead atoms. The molecule has 1 atom stereocenters. The molecule has 140 valence electrons. The quantitative estimate of drug-likeness (QED) is 0.749. The monoisotopic (exact) mass is 363 g/mol. The molecule has 0 N–H and O–H groups in total. The lowest BCUT2D eigenvalue weighted by atomic mass is 10.0. The highest BCUT2D eigenvalue weighted by Gasteiger charge is 2.31. The molecular formula is C23H26FN3. The van der Waals surface area contributed by atoms with E-state index in [4.69, 9.17) is 5.26 Å². The molecule has 0 aliphatic carbocycles. The Labute approximate surface area is 161 Å². The fourth-order valence-electron chi connectivity index (χ4n) is 4.45. The zero-order valence-corrected chi connectivity index (χ0v) is 15.6. The second-order valence-corrected chi connectivity index (χ2v) is 7.63. The molecule has 27 heavy (non-hydrogen) atoms. The molecule has 3 nitrogen and oxygen atoms in total. The lowest BCUT2D eigenvalue weighted by Crippen LogP contribution is -2.47. The molecule has 0 saturated carbocycles. The van der Waals surface area contributed by atoms with Crippen LogP contribution in [0.2, 0.25) is 0 Å². The number of halogens is 1. The number of fused-ring (bicyclic) bond motifs is 1. The van der Waals surface area contributed by atoms with E-state index in [1.54, 1.807) is 0 Å². The summed E-state index contributed by atoms with van der Waals surface area (Å²) in [5, 5.41) is 8.97. The number of piperidine rings is 1. The third kappa shape index (κ3) is 3.99. The smallest absolute Gasteiger partial charge is 0.157 e. The highest BCUT2D eigenvalue weighted by Crippen LogP contribution is 2.34. The summed E-state index contributed by atoms with van der Waals surface area (Å²) in [5.41, 5.74) is 4.83. The maximum Gasteiger partial charge on any atom is 0.157 e. The minimum absolute atomic E-state index is 0.461. The molecule has 2 aromatic carbocycles. The van der Waals surface area contributed by atoms with Crippen molar-refractivity contribution in [1.82, 2.24) is 4.90 Å². The maximum atomic E-state index is 14.7. The van der Waals surface area contributed by atoms with E-state index in [-0.39, 0.29) is 0 Å². The molecule has 0 aromatic heterocycles. The highest BCUT2D eigenvalue weighted by atomic mass is 19.1. The summed E-state index contributed by atoms with van der Waals surface area (Å²) in [6.07, 6.45) is 3.09. The van der Waals surface area contributed by atoms with E-state index in [1.165, 1.54) is 11.3 Å². The second kappa shape index (κ2) is 8.10. The van der Waals surface area contributed by atoms with E-state index < -0.39 is 6.30 Å². The normalized spacial score (nSPS) is 18.9. The molecule has 2 aliphatic heterocycles. The Morgan fingerprint density at radius 1 is 1.04 bits per heavy atom. The lowest BCUT2D eigenvalue weighted by molar-refractivity contribution is 0.0585. The van der Waals surface area contributed by atoms with Gasteiger partial charge in [0.2, 0.25) is 0 Å². The summed E-state index contributed by atoms with van der Waals surface area (Å²) < 4.78 is 14.7. The van der Waals surface area contributed by atoms with Crippen molar-refractivity contribution in [2.75, 3.05) is 24.5 Å². The number of likely N-dealkylation sites (tertiary alicyclic amines) is 1. The zero-order chi connectivity index (χ0) is 18.6. The molecule has 1 unspecified atom stereocenters. The number of alkyl halides is 1. The Morgan fingerprint density at radius 2 is 1.81 bits per heavy atom. The first kappa shape index (κ1) is 18.0. The Kier molecular flexibility index (Phi) is 5.40. The van der Waals surface area contributed by atoms with Gasteiger partial charge >= 0.3 is 0 Å². The van der Waals surface area contributed by atoms with Gasteiger partial charge in [-0.25, -0.2) is 4.39 Å². The summed E-state index contributed by atoms with van der Waals surface area (Å²) in [7, 11) is 0. The standard InChI is InChI=1S/C23H26FN3/c24-23(17-18-4-2-1-3-5-18)26-13-10-21(11-14-26)27-15-9-20-7-6-19(8-12-25)16-22(20)27/h1-7,16,21,23H,8-11,13-15,17H2. The van der Waals surface area contributed by atoms with Crippen LogP contribution in [0.5, 0.6) is 0 Å². The van der Waals surface area contributed by atoms with Gasteiger partial charge in [0.1, 0.15) is 0 Å². The van der Waals surface area contributed by atoms with Gasteiger partial charge < -0.3 is 4.90 Å². The maximum absolute atomic E-state index is 14.7. The first-order chi connectivity index (χ1) is 13.2. The molecule has 0 amide bonds. The lowest BCUT2D eigenvalue weighted by Gasteiger charge is -2.39. The average molecular weight is 363 g/mol. The van der Waals surface area contributed by atoms with Crippen LogP contribution in [0.1, 0.15) is 29.5 Å². The van der Waals surface area contributed by atoms with Crippen molar-refractivity contribution < 1.29 is 4.39 Å². The van der Waals surface area contributed by atoms with Gasteiger partial charge in [0.15, 0.2) is 6.30 Å². The number of nitriles is 1. The number of nitrogens with zero attached hydrogens (tertiary/aromatic N) is 3. The predicted octanol–water partition coefficient (Wildman–Crippen LogP) is 4.12. The fraction of sp³-hybridized carbons (Fsp3) is 0.435. The van der Waals surface area contributed by atoms with Crippen LogP contribution >= 0.6 is 0 Å². The van der Waals surface area contributed by atoms with Gasteiger partial charge in [-0.1, -0.05) is 42.5 Å². The molecule has 0 spiro atoms. The minimum atomic E-state index is -0.901. The van der Waals surface area contributed by atoms with E-state index in [9.17, 15) is 4.39 Å². The molecule has 1 saturated heterocycles.